The van der Waals surface area contributed by atoms with Crippen molar-refractivity contribution in [1.82, 2.24) is 0 Å². The van der Waals surface area contributed by atoms with Gasteiger partial charge in [-0.25, -0.2) is 0 Å². The minimum atomic E-state index is 1.38. The second-order valence-corrected chi connectivity index (χ2v) is 2.74. The molecule has 0 aliphatic heterocycles. The smallest absolute Gasteiger partial charge is 0.00388 e. The van der Waals surface area contributed by atoms with Crippen molar-refractivity contribution in [2.75, 3.05) is 0 Å². The molecule has 0 fully saturated rings. The highest BCUT2D eigenvalue weighted by molar-refractivity contribution is 5.75. The van der Waals surface area contributed by atoms with Gasteiger partial charge in [-0.3, -0.25) is 0 Å². The Morgan fingerprint density at radius 1 is 0.700 bits per heavy atom. The van der Waals surface area contributed by atoms with E-state index in [1.165, 1.54) is 22.3 Å². The quantitative estimate of drug-likeness (QED) is 0.467. The molecule has 0 atom stereocenters. The summed E-state index contributed by atoms with van der Waals surface area (Å²) in [5.74, 6) is 0. The highest BCUT2D eigenvalue weighted by Crippen LogP contribution is 2.40. The van der Waals surface area contributed by atoms with Crippen LogP contribution in [0.1, 0.15) is 0 Å². The van der Waals surface area contributed by atoms with Crippen LogP contribution in [0, 0.1) is 0 Å². The average molecular weight is 126 g/mol. The molecule has 46 valence electrons. The molecule has 3 aliphatic rings. The Morgan fingerprint density at radius 2 is 1.30 bits per heavy atom. The SMILES string of the molecule is C1=CC2=C3C1=CC=C3C=C2. The number of hydrogen-bond acceptors (Lipinski definition) is 0. The summed E-state index contributed by atoms with van der Waals surface area (Å²) in [6.45, 7) is 0. The van der Waals surface area contributed by atoms with Crippen molar-refractivity contribution >= 4 is 0 Å². The van der Waals surface area contributed by atoms with Gasteiger partial charge >= 0.3 is 0 Å². The van der Waals surface area contributed by atoms with E-state index in [4.69, 9.17) is 0 Å². The van der Waals surface area contributed by atoms with Gasteiger partial charge in [-0.15, -0.1) is 0 Å². The van der Waals surface area contributed by atoms with Gasteiger partial charge in [-0.2, -0.15) is 0 Å². The van der Waals surface area contributed by atoms with Crippen LogP contribution in [0.15, 0.2) is 58.7 Å². The lowest BCUT2D eigenvalue weighted by Crippen LogP contribution is -1.76. The Labute approximate surface area is 59.6 Å². The van der Waals surface area contributed by atoms with Gasteiger partial charge < -0.3 is 0 Å². The molecule has 3 aliphatic carbocycles. The molecule has 0 radical (unpaired) electrons. The summed E-state index contributed by atoms with van der Waals surface area (Å²) in [6.07, 6.45) is 13.1. The molecule has 0 heterocycles. The maximum atomic E-state index is 2.18. The molecule has 0 saturated carbocycles. The molecule has 0 aromatic heterocycles. The molecular weight excluding hydrogens is 120 g/mol. The summed E-state index contributed by atoms with van der Waals surface area (Å²) in [7, 11) is 0. The van der Waals surface area contributed by atoms with Crippen molar-refractivity contribution in [2.45, 2.75) is 0 Å². The van der Waals surface area contributed by atoms with E-state index in [2.05, 4.69) is 36.5 Å². The minimum Gasteiger partial charge on any atom is -0.0537 e. The third-order valence-corrected chi connectivity index (χ3v) is 2.19. The van der Waals surface area contributed by atoms with Crippen LogP contribution >= 0.6 is 0 Å². The monoisotopic (exact) mass is 126 g/mol. The molecule has 10 heavy (non-hydrogen) atoms. The first-order chi connectivity index (χ1) is 4.95. The van der Waals surface area contributed by atoms with E-state index in [1.54, 1.807) is 0 Å². The molecule has 0 spiro atoms. The van der Waals surface area contributed by atoms with Gasteiger partial charge in [0.1, 0.15) is 0 Å². The van der Waals surface area contributed by atoms with Crippen LogP contribution < -0.4 is 0 Å². The summed E-state index contributed by atoms with van der Waals surface area (Å²) in [5, 5.41) is 0. The van der Waals surface area contributed by atoms with Crippen LogP contribution in [-0.2, 0) is 0 Å². The molecule has 0 aromatic carbocycles. The van der Waals surface area contributed by atoms with Gasteiger partial charge in [-0.1, -0.05) is 36.5 Å². The van der Waals surface area contributed by atoms with E-state index in [0.29, 0.717) is 0 Å². The van der Waals surface area contributed by atoms with Crippen molar-refractivity contribution in [3.05, 3.63) is 58.7 Å². The lowest BCUT2D eigenvalue weighted by atomic mass is 10.1. The maximum absolute atomic E-state index is 2.18. The summed E-state index contributed by atoms with van der Waals surface area (Å²) >= 11 is 0. The Kier molecular flexibility index (Phi) is 0.558. The van der Waals surface area contributed by atoms with Crippen LogP contribution in [0.3, 0.4) is 0 Å². The lowest BCUT2D eigenvalue weighted by molar-refractivity contribution is 1.60. The predicted octanol–water partition coefficient (Wildman–Crippen LogP) is 2.29. The van der Waals surface area contributed by atoms with E-state index in [-0.39, 0.29) is 0 Å². The first-order valence-corrected chi connectivity index (χ1v) is 3.48. The predicted molar refractivity (Wildman–Crippen MR) is 41.5 cm³/mol. The zero-order chi connectivity index (χ0) is 6.55. The molecule has 0 unspecified atom stereocenters. The van der Waals surface area contributed by atoms with Crippen molar-refractivity contribution in [3.63, 3.8) is 0 Å². The molecule has 0 N–H and O–H groups in total. The van der Waals surface area contributed by atoms with Crippen LogP contribution in [0.2, 0.25) is 0 Å². The van der Waals surface area contributed by atoms with Gasteiger partial charge in [0, 0.05) is 0 Å². The van der Waals surface area contributed by atoms with E-state index in [1.807, 2.05) is 0 Å². The van der Waals surface area contributed by atoms with Crippen molar-refractivity contribution in [3.8, 4) is 0 Å². The van der Waals surface area contributed by atoms with Crippen LogP contribution in [-0.4, -0.2) is 0 Å². The number of allylic oxidation sites excluding steroid dienone is 10. The van der Waals surface area contributed by atoms with Gasteiger partial charge in [0.05, 0.1) is 0 Å². The normalized spacial score (nSPS) is 24.0. The molecule has 0 bridgehead atoms. The minimum absolute atomic E-state index is 1.38. The summed E-state index contributed by atoms with van der Waals surface area (Å²) in [6, 6.07) is 0. The highest BCUT2D eigenvalue weighted by Gasteiger charge is 2.22. The molecule has 0 amide bonds. The van der Waals surface area contributed by atoms with E-state index < -0.39 is 0 Å². The van der Waals surface area contributed by atoms with Gasteiger partial charge in [0.2, 0.25) is 0 Å². The molecule has 0 aromatic rings. The van der Waals surface area contributed by atoms with Crippen LogP contribution in [0.5, 0.6) is 0 Å². The van der Waals surface area contributed by atoms with E-state index in [0.717, 1.165) is 0 Å². The zero-order valence-electron chi connectivity index (χ0n) is 5.46. The number of rotatable bonds is 0. The van der Waals surface area contributed by atoms with Gasteiger partial charge in [0.25, 0.3) is 0 Å². The fourth-order valence-corrected chi connectivity index (χ4v) is 1.71. The van der Waals surface area contributed by atoms with Gasteiger partial charge in [-0.05, 0) is 22.3 Å². The molecule has 0 saturated heterocycles. The second kappa shape index (κ2) is 1.24. The van der Waals surface area contributed by atoms with Crippen LogP contribution in [0.4, 0.5) is 0 Å². The Morgan fingerprint density at radius 3 is 1.90 bits per heavy atom. The average Bonchev–Trinajstić information content (AvgIpc) is 2.56. The topological polar surface area (TPSA) is 0 Å². The van der Waals surface area contributed by atoms with Crippen LogP contribution in [0.25, 0.3) is 0 Å². The van der Waals surface area contributed by atoms with Crippen molar-refractivity contribution in [1.29, 1.82) is 0 Å². The fraction of sp³-hybridized carbons (Fsp3) is 0. The van der Waals surface area contributed by atoms with Crippen molar-refractivity contribution in [2.24, 2.45) is 0 Å². The lowest BCUT2D eigenvalue weighted by Gasteiger charge is -1.93. The summed E-state index contributed by atoms with van der Waals surface area (Å²) in [4.78, 5) is 0. The highest BCUT2D eigenvalue weighted by atomic mass is 14.3. The first-order valence-electron chi connectivity index (χ1n) is 3.48. The Balaban J connectivity index is 2.43. The Hall–Kier alpha value is -1.30. The Bertz CT molecular complexity index is 323. The summed E-state index contributed by atoms with van der Waals surface area (Å²) in [5.41, 5.74) is 5.60. The van der Waals surface area contributed by atoms with Gasteiger partial charge in [0.15, 0.2) is 0 Å². The second-order valence-electron chi connectivity index (χ2n) is 2.74. The van der Waals surface area contributed by atoms with E-state index in [9.17, 15) is 0 Å². The molecule has 3 rings (SSSR count). The third kappa shape index (κ3) is 0.330. The largest absolute Gasteiger partial charge is 0.0537 e. The third-order valence-electron chi connectivity index (χ3n) is 2.19. The van der Waals surface area contributed by atoms with E-state index >= 15 is 0 Å². The standard InChI is InChI=1S/C10H6/c1-2-8-5-6-9-4-3-7(1)10(8)9/h1-6H. The molecular formula is C10H6. The molecule has 0 nitrogen and oxygen atoms in total. The maximum Gasteiger partial charge on any atom is -0.00388 e. The summed E-state index contributed by atoms with van der Waals surface area (Å²) < 4.78 is 0. The fourth-order valence-electron chi connectivity index (χ4n) is 1.71. The van der Waals surface area contributed by atoms with Crippen molar-refractivity contribution < 1.29 is 0 Å². The molecule has 0 heteroatoms. The first kappa shape index (κ1) is 4.51. The zero-order valence-corrected chi connectivity index (χ0v) is 5.46. The number of hydrogen-bond donors (Lipinski definition) is 0.